The zero-order chi connectivity index (χ0) is 14.7. The monoisotopic (exact) mass is 276 g/mol. The molecular weight excluding hydrogens is 256 g/mol. The van der Waals surface area contributed by atoms with Crippen LogP contribution in [0.2, 0.25) is 0 Å². The van der Waals surface area contributed by atoms with Crippen molar-refractivity contribution < 1.29 is 14.7 Å². The number of hydrogen-bond acceptors (Lipinski definition) is 2. The first-order valence-electron chi connectivity index (χ1n) is 7.01. The van der Waals surface area contributed by atoms with Crippen LogP contribution in [0.25, 0.3) is 0 Å². The van der Waals surface area contributed by atoms with E-state index in [9.17, 15) is 14.7 Å². The van der Waals surface area contributed by atoms with Crippen molar-refractivity contribution in [2.75, 3.05) is 24.5 Å². The van der Waals surface area contributed by atoms with Crippen LogP contribution in [0.15, 0.2) is 18.2 Å². The number of carbonyl (C=O) groups excluding carboxylic acids is 1. The highest BCUT2D eigenvalue weighted by molar-refractivity contribution is 5.97. The standard InChI is InChI=1S/C15H20N2O3/c1-3-16(4-2)15(20)17-10-6-8-11-12(14(18)19)7-5-9-13(11)17/h5,7,9H,3-4,6,8,10H2,1-2H3,(H,18,19). The van der Waals surface area contributed by atoms with Gasteiger partial charge in [0.15, 0.2) is 0 Å². The Morgan fingerprint density at radius 2 is 2.00 bits per heavy atom. The molecule has 20 heavy (non-hydrogen) atoms. The topological polar surface area (TPSA) is 60.9 Å². The van der Waals surface area contributed by atoms with Gasteiger partial charge in [0.05, 0.1) is 5.56 Å². The summed E-state index contributed by atoms with van der Waals surface area (Å²) < 4.78 is 0. The van der Waals surface area contributed by atoms with Crippen molar-refractivity contribution in [2.45, 2.75) is 26.7 Å². The molecule has 0 spiro atoms. The van der Waals surface area contributed by atoms with Crippen LogP contribution in [0.5, 0.6) is 0 Å². The van der Waals surface area contributed by atoms with Gasteiger partial charge in [-0.15, -0.1) is 0 Å². The molecule has 1 aromatic rings. The Balaban J connectivity index is 2.40. The van der Waals surface area contributed by atoms with Crippen LogP contribution in [0, 0.1) is 0 Å². The summed E-state index contributed by atoms with van der Waals surface area (Å²) in [5, 5.41) is 9.25. The van der Waals surface area contributed by atoms with Crippen LogP contribution in [0.3, 0.4) is 0 Å². The number of carboxylic acids is 1. The molecule has 1 N–H and O–H groups in total. The smallest absolute Gasteiger partial charge is 0.336 e. The lowest BCUT2D eigenvalue weighted by molar-refractivity contribution is 0.0695. The fourth-order valence-electron chi connectivity index (χ4n) is 2.69. The number of fused-ring (bicyclic) bond motifs is 1. The number of amides is 2. The molecule has 5 heteroatoms. The molecule has 1 aliphatic rings. The first-order valence-corrected chi connectivity index (χ1v) is 7.01. The molecule has 2 rings (SSSR count). The maximum atomic E-state index is 12.5. The second kappa shape index (κ2) is 5.94. The molecule has 1 heterocycles. The average molecular weight is 276 g/mol. The van der Waals surface area contributed by atoms with Crippen molar-refractivity contribution in [3.8, 4) is 0 Å². The summed E-state index contributed by atoms with van der Waals surface area (Å²) in [6, 6.07) is 5.10. The first-order chi connectivity index (χ1) is 9.60. The normalized spacial score (nSPS) is 13.8. The summed E-state index contributed by atoms with van der Waals surface area (Å²) in [5.41, 5.74) is 1.82. The zero-order valence-electron chi connectivity index (χ0n) is 11.9. The van der Waals surface area contributed by atoms with E-state index in [-0.39, 0.29) is 6.03 Å². The SMILES string of the molecule is CCN(CC)C(=O)N1CCCc2c(C(=O)O)cccc21. The number of benzene rings is 1. The van der Waals surface area contributed by atoms with Crippen molar-refractivity contribution in [3.05, 3.63) is 29.3 Å². The Kier molecular flexibility index (Phi) is 4.27. The third-order valence-electron chi connectivity index (χ3n) is 3.75. The van der Waals surface area contributed by atoms with E-state index < -0.39 is 5.97 Å². The van der Waals surface area contributed by atoms with Gasteiger partial charge in [0, 0.05) is 25.3 Å². The summed E-state index contributed by atoms with van der Waals surface area (Å²) in [4.78, 5) is 27.2. The highest BCUT2D eigenvalue weighted by Crippen LogP contribution is 2.30. The van der Waals surface area contributed by atoms with E-state index in [1.165, 1.54) is 0 Å². The summed E-state index contributed by atoms with van der Waals surface area (Å²) >= 11 is 0. The Morgan fingerprint density at radius 3 is 2.60 bits per heavy atom. The highest BCUT2D eigenvalue weighted by atomic mass is 16.4. The van der Waals surface area contributed by atoms with Crippen LogP contribution in [-0.2, 0) is 6.42 Å². The molecule has 0 radical (unpaired) electrons. The molecule has 0 aromatic heterocycles. The van der Waals surface area contributed by atoms with Crippen LogP contribution in [0.1, 0.15) is 36.2 Å². The molecule has 0 unspecified atom stereocenters. The number of anilines is 1. The second-order valence-corrected chi connectivity index (χ2v) is 4.82. The zero-order valence-corrected chi connectivity index (χ0v) is 11.9. The third kappa shape index (κ3) is 2.48. The molecule has 108 valence electrons. The van der Waals surface area contributed by atoms with E-state index in [0.29, 0.717) is 31.6 Å². The molecular formula is C15H20N2O3. The van der Waals surface area contributed by atoms with E-state index in [0.717, 1.165) is 17.7 Å². The van der Waals surface area contributed by atoms with E-state index in [1.54, 1.807) is 21.9 Å². The van der Waals surface area contributed by atoms with Gasteiger partial charge in [-0.2, -0.15) is 0 Å². The molecule has 5 nitrogen and oxygen atoms in total. The van der Waals surface area contributed by atoms with E-state index in [1.807, 2.05) is 19.9 Å². The molecule has 0 fully saturated rings. The quantitative estimate of drug-likeness (QED) is 0.923. The van der Waals surface area contributed by atoms with Gasteiger partial charge < -0.3 is 10.0 Å². The summed E-state index contributed by atoms with van der Waals surface area (Å²) in [7, 11) is 0. The Bertz CT molecular complexity index is 524. The minimum absolute atomic E-state index is 0.0431. The lowest BCUT2D eigenvalue weighted by atomic mass is 9.96. The minimum Gasteiger partial charge on any atom is -0.478 e. The lowest BCUT2D eigenvalue weighted by Crippen LogP contribution is -2.45. The van der Waals surface area contributed by atoms with Crippen molar-refractivity contribution in [3.63, 3.8) is 0 Å². The maximum Gasteiger partial charge on any atom is 0.336 e. The number of carbonyl (C=O) groups is 2. The molecule has 1 aromatic carbocycles. The number of aromatic carboxylic acids is 1. The van der Waals surface area contributed by atoms with Gasteiger partial charge in [-0.1, -0.05) is 6.07 Å². The predicted molar refractivity (Wildman–Crippen MR) is 77.4 cm³/mol. The van der Waals surface area contributed by atoms with Gasteiger partial charge in [0.25, 0.3) is 0 Å². The van der Waals surface area contributed by atoms with Crippen molar-refractivity contribution in [1.29, 1.82) is 0 Å². The van der Waals surface area contributed by atoms with Gasteiger partial charge in [0.2, 0.25) is 0 Å². The number of urea groups is 1. The Hall–Kier alpha value is -2.04. The average Bonchev–Trinajstić information content (AvgIpc) is 2.46. The van der Waals surface area contributed by atoms with Crippen LogP contribution >= 0.6 is 0 Å². The predicted octanol–water partition coefficient (Wildman–Crippen LogP) is 2.60. The van der Waals surface area contributed by atoms with Crippen molar-refractivity contribution >= 4 is 17.7 Å². The van der Waals surface area contributed by atoms with Gasteiger partial charge >= 0.3 is 12.0 Å². The number of nitrogens with zero attached hydrogens (tertiary/aromatic N) is 2. The molecule has 0 saturated heterocycles. The van der Waals surface area contributed by atoms with Crippen LogP contribution in [0.4, 0.5) is 10.5 Å². The summed E-state index contributed by atoms with van der Waals surface area (Å²) in [6.45, 7) is 5.84. The fourth-order valence-corrected chi connectivity index (χ4v) is 2.69. The van der Waals surface area contributed by atoms with E-state index in [2.05, 4.69) is 0 Å². The van der Waals surface area contributed by atoms with Crippen LogP contribution in [-0.4, -0.2) is 41.6 Å². The lowest BCUT2D eigenvalue weighted by Gasteiger charge is -2.34. The summed E-state index contributed by atoms with van der Waals surface area (Å²) in [5.74, 6) is -0.931. The number of hydrogen-bond donors (Lipinski definition) is 1. The molecule has 0 atom stereocenters. The number of carboxylic acid groups (broad SMARTS) is 1. The van der Waals surface area contributed by atoms with Gasteiger partial charge in [-0.3, -0.25) is 4.90 Å². The Labute approximate surface area is 118 Å². The van der Waals surface area contributed by atoms with E-state index >= 15 is 0 Å². The molecule has 0 aliphatic carbocycles. The third-order valence-corrected chi connectivity index (χ3v) is 3.75. The van der Waals surface area contributed by atoms with Gasteiger partial charge in [0.1, 0.15) is 0 Å². The van der Waals surface area contributed by atoms with Crippen molar-refractivity contribution in [2.24, 2.45) is 0 Å². The minimum atomic E-state index is -0.931. The van der Waals surface area contributed by atoms with E-state index in [4.69, 9.17) is 0 Å². The molecule has 2 amide bonds. The molecule has 0 bridgehead atoms. The maximum absolute atomic E-state index is 12.5. The summed E-state index contributed by atoms with van der Waals surface area (Å²) in [6.07, 6.45) is 1.50. The van der Waals surface area contributed by atoms with Gasteiger partial charge in [-0.25, -0.2) is 9.59 Å². The second-order valence-electron chi connectivity index (χ2n) is 4.82. The largest absolute Gasteiger partial charge is 0.478 e. The highest BCUT2D eigenvalue weighted by Gasteiger charge is 2.27. The first kappa shape index (κ1) is 14.4. The van der Waals surface area contributed by atoms with Crippen molar-refractivity contribution in [1.82, 2.24) is 4.90 Å². The Morgan fingerprint density at radius 1 is 1.30 bits per heavy atom. The number of rotatable bonds is 3. The molecule has 0 saturated carbocycles. The van der Waals surface area contributed by atoms with Crippen LogP contribution < -0.4 is 4.90 Å². The molecule has 1 aliphatic heterocycles. The van der Waals surface area contributed by atoms with Gasteiger partial charge in [-0.05, 0) is 44.4 Å². The fraction of sp³-hybridized carbons (Fsp3) is 0.467.